The zero-order valence-electron chi connectivity index (χ0n) is 15.1. The SMILES string of the molecule is COC1=NCc2cc(CC(=O)CC3CCCC3c3ccccc3)ncc21. The molecule has 2 unspecified atom stereocenters. The van der Waals surface area contributed by atoms with E-state index in [4.69, 9.17) is 4.74 Å². The smallest absolute Gasteiger partial charge is 0.218 e. The molecule has 0 amide bonds. The number of fused-ring (bicyclic) bond motifs is 1. The van der Waals surface area contributed by atoms with Gasteiger partial charge in [0.25, 0.3) is 0 Å². The Morgan fingerprint density at radius 1 is 1.23 bits per heavy atom. The van der Waals surface area contributed by atoms with E-state index >= 15 is 0 Å². The van der Waals surface area contributed by atoms with Crippen LogP contribution in [0.2, 0.25) is 0 Å². The summed E-state index contributed by atoms with van der Waals surface area (Å²) in [7, 11) is 1.62. The summed E-state index contributed by atoms with van der Waals surface area (Å²) >= 11 is 0. The van der Waals surface area contributed by atoms with Gasteiger partial charge in [0.15, 0.2) is 0 Å². The van der Waals surface area contributed by atoms with Crippen molar-refractivity contribution in [3.63, 3.8) is 0 Å². The third-order valence-corrected chi connectivity index (χ3v) is 5.62. The highest BCUT2D eigenvalue weighted by atomic mass is 16.5. The van der Waals surface area contributed by atoms with E-state index in [9.17, 15) is 4.79 Å². The lowest BCUT2D eigenvalue weighted by atomic mass is 9.85. The lowest BCUT2D eigenvalue weighted by Crippen LogP contribution is -2.14. The summed E-state index contributed by atoms with van der Waals surface area (Å²) < 4.78 is 5.24. The minimum Gasteiger partial charge on any atom is -0.481 e. The summed E-state index contributed by atoms with van der Waals surface area (Å²) in [6, 6.07) is 12.6. The minimum absolute atomic E-state index is 0.288. The molecule has 0 bridgehead atoms. The molecule has 1 aliphatic carbocycles. The van der Waals surface area contributed by atoms with Crippen LogP contribution in [-0.4, -0.2) is 23.8 Å². The Morgan fingerprint density at radius 3 is 2.88 bits per heavy atom. The third kappa shape index (κ3) is 3.41. The second-order valence-electron chi connectivity index (χ2n) is 7.29. The normalized spacial score (nSPS) is 21.3. The molecule has 2 aromatic rings. The lowest BCUT2D eigenvalue weighted by Gasteiger charge is -2.19. The molecule has 1 aromatic heterocycles. The monoisotopic (exact) mass is 348 g/mol. The number of hydrogen-bond donors (Lipinski definition) is 0. The first-order valence-corrected chi connectivity index (χ1v) is 9.38. The maximum atomic E-state index is 12.7. The molecule has 0 radical (unpaired) electrons. The molecule has 4 nitrogen and oxygen atoms in total. The van der Waals surface area contributed by atoms with E-state index < -0.39 is 0 Å². The number of Topliss-reactive ketones (excluding diaryl/α,β-unsaturated/α-hetero) is 1. The number of methoxy groups -OCH3 is 1. The fourth-order valence-corrected chi connectivity index (χ4v) is 4.37. The van der Waals surface area contributed by atoms with Crippen LogP contribution < -0.4 is 0 Å². The van der Waals surface area contributed by atoms with Crippen molar-refractivity contribution in [2.75, 3.05) is 7.11 Å². The zero-order valence-corrected chi connectivity index (χ0v) is 15.1. The number of benzene rings is 1. The summed E-state index contributed by atoms with van der Waals surface area (Å²) in [5.74, 6) is 1.91. The molecule has 0 saturated heterocycles. The first-order chi connectivity index (χ1) is 12.7. The van der Waals surface area contributed by atoms with Gasteiger partial charge in [0.2, 0.25) is 5.90 Å². The maximum Gasteiger partial charge on any atom is 0.218 e. The van der Waals surface area contributed by atoms with Gasteiger partial charge in [-0.25, -0.2) is 4.99 Å². The van der Waals surface area contributed by atoms with Crippen LogP contribution in [-0.2, 0) is 22.5 Å². The summed E-state index contributed by atoms with van der Waals surface area (Å²) in [4.78, 5) is 21.5. The van der Waals surface area contributed by atoms with Gasteiger partial charge in [-0.3, -0.25) is 9.78 Å². The first kappa shape index (κ1) is 17.0. The Kier molecular flexibility index (Phi) is 4.83. The minimum atomic E-state index is 0.288. The van der Waals surface area contributed by atoms with Gasteiger partial charge < -0.3 is 4.74 Å². The molecule has 2 aliphatic rings. The van der Waals surface area contributed by atoms with Crippen molar-refractivity contribution in [2.45, 2.75) is 44.6 Å². The summed E-state index contributed by atoms with van der Waals surface area (Å²) in [5, 5.41) is 0. The van der Waals surface area contributed by atoms with Crippen molar-refractivity contribution in [1.82, 2.24) is 4.98 Å². The van der Waals surface area contributed by atoms with Gasteiger partial charge in [0.1, 0.15) is 5.78 Å². The topological polar surface area (TPSA) is 51.5 Å². The second-order valence-corrected chi connectivity index (χ2v) is 7.29. The molecule has 1 aromatic carbocycles. The fourth-order valence-electron chi connectivity index (χ4n) is 4.37. The number of ketones is 1. The molecule has 2 atom stereocenters. The molecule has 1 fully saturated rings. The van der Waals surface area contributed by atoms with Crippen molar-refractivity contribution < 1.29 is 9.53 Å². The number of hydrogen-bond acceptors (Lipinski definition) is 4. The fraction of sp³-hybridized carbons (Fsp3) is 0.409. The van der Waals surface area contributed by atoms with E-state index in [-0.39, 0.29) is 5.78 Å². The number of nitrogens with zero attached hydrogens (tertiary/aromatic N) is 2. The first-order valence-electron chi connectivity index (χ1n) is 9.38. The van der Waals surface area contributed by atoms with Gasteiger partial charge in [-0.15, -0.1) is 0 Å². The average Bonchev–Trinajstić information content (AvgIpc) is 3.28. The Labute approximate surface area is 154 Å². The van der Waals surface area contributed by atoms with Crippen molar-refractivity contribution >= 4 is 11.7 Å². The molecule has 134 valence electrons. The molecule has 1 saturated carbocycles. The molecule has 0 N–H and O–H groups in total. The third-order valence-electron chi connectivity index (χ3n) is 5.62. The number of rotatable bonds is 5. The van der Waals surface area contributed by atoms with Crippen LogP contribution in [0.4, 0.5) is 0 Å². The average molecular weight is 348 g/mol. The standard InChI is InChI=1S/C22H24N2O2/c1-26-22-21-14-23-18(10-17(21)13-24-22)12-19(25)11-16-8-5-9-20(16)15-6-3-2-4-7-15/h2-4,6-7,10,14,16,20H,5,8-9,11-13H2,1H3. The van der Waals surface area contributed by atoms with Gasteiger partial charge in [0.05, 0.1) is 19.2 Å². The van der Waals surface area contributed by atoms with Crippen LogP contribution in [0.1, 0.15) is 54.0 Å². The second kappa shape index (κ2) is 7.40. The quantitative estimate of drug-likeness (QED) is 0.818. The molecule has 1 aliphatic heterocycles. The summed E-state index contributed by atoms with van der Waals surface area (Å²) in [6.07, 6.45) is 6.40. The Bertz CT molecular complexity index is 829. The van der Waals surface area contributed by atoms with Crippen molar-refractivity contribution in [2.24, 2.45) is 10.9 Å². The highest BCUT2D eigenvalue weighted by Gasteiger charge is 2.30. The van der Waals surface area contributed by atoms with E-state index in [2.05, 4.69) is 40.3 Å². The van der Waals surface area contributed by atoms with Crippen molar-refractivity contribution in [3.8, 4) is 0 Å². The molecule has 2 heterocycles. The summed E-state index contributed by atoms with van der Waals surface area (Å²) in [5.41, 5.74) is 4.27. The van der Waals surface area contributed by atoms with Crippen LogP contribution in [0.25, 0.3) is 0 Å². The van der Waals surface area contributed by atoms with Gasteiger partial charge in [0, 0.05) is 24.7 Å². The van der Waals surface area contributed by atoms with E-state index in [0.29, 0.717) is 37.1 Å². The van der Waals surface area contributed by atoms with E-state index in [0.717, 1.165) is 23.2 Å². The predicted molar refractivity (Wildman–Crippen MR) is 101 cm³/mol. The van der Waals surface area contributed by atoms with Crippen LogP contribution in [0.3, 0.4) is 0 Å². The van der Waals surface area contributed by atoms with Crippen LogP contribution in [0, 0.1) is 5.92 Å². The molecular formula is C22H24N2O2. The van der Waals surface area contributed by atoms with Crippen molar-refractivity contribution in [1.29, 1.82) is 0 Å². The largest absolute Gasteiger partial charge is 0.481 e. The molecule has 0 spiro atoms. The predicted octanol–water partition coefficient (Wildman–Crippen LogP) is 4.07. The Hall–Kier alpha value is -2.49. The lowest BCUT2D eigenvalue weighted by molar-refractivity contribution is -0.119. The number of carbonyl (C=O) groups excluding carboxylic acids is 1. The number of aromatic nitrogens is 1. The van der Waals surface area contributed by atoms with Crippen LogP contribution in [0.15, 0.2) is 47.6 Å². The zero-order chi connectivity index (χ0) is 17.9. The number of pyridine rings is 1. The van der Waals surface area contributed by atoms with Gasteiger partial charge in [-0.05, 0) is 41.9 Å². The van der Waals surface area contributed by atoms with Crippen molar-refractivity contribution in [3.05, 3.63) is 65.0 Å². The molecule has 26 heavy (non-hydrogen) atoms. The van der Waals surface area contributed by atoms with E-state index in [1.165, 1.54) is 18.4 Å². The van der Waals surface area contributed by atoms with E-state index in [1.54, 1.807) is 13.3 Å². The highest BCUT2D eigenvalue weighted by molar-refractivity contribution is 5.97. The van der Waals surface area contributed by atoms with E-state index in [1.807, 2.05) is 6.07 Å². The summed E-state index contributed by atoms with van der Waals surface area (Å²) in [6.45, 7) is 0.612. The number of aliphatic imine (C=N–C) groups is 1. The van der Waals surface area contributed by atoms with Gasteiger partial charge in [-0.2, -0.15) is 0 Å². The van der Waals surface area contributed by atoms with Gasteiger partial charge >= 0.3 is 0 Å². The Morgan fingerprint density at radius 2 is 2.08 bits per heavy atom. The molecule has 4 rings (SSSR count). The Balaban J connectivity index is 1.40. The van der Waals surface area contributed by atoms with Crippen LogP contribution in [0.5, 0.6) is 0 Å². The number of ether oxygens (including phenoxy) is 1. The number of carbonyl (C=O) groups is 1. The maximum absolute atomic E-state index is 12.7. The van der Waals surface area contributed by atoms with Gasteiger partial charge in [-0.1, -0.05) is 36.8 Å². The highest BCUT2D eigenvalue weighted by Crippen LogP contribution is 2.41. The molecule has 4 heteroatoms. The molecular weight excluding hydrogens is 324 g/mol. The van der Waals surface area contributed by atoms with Crippen LogP contribution >= 0.6 is 0 Å².